The summed E-state index contributed by atoms with van der Waals surface area (Å²) in [5.41, 5.74) is 0. The van der Waals surface area contributed by atoms with Crippen LogP contribution in [0, 0.1) is 17.8 Å². The van der Waals surface area contributed by atoms with Crippen LogP contribution in [-0.2, 0) is 65.4 Å². The number of phosphoric ester groups is 2. The van der Waals surface area contributed by atoms with Gasteiger partial charge in [-0.15, -0.1) is 0 Å². The number of carbonyl (C=O) groups excluding carboxylic acids is 4. The minimum absolute atomic E-state index is 0.105. The van der Waals surface area contributed by atoms with Crippen molar-refractivity contribution in [3.63, 3.8) is 0 Å². The first-order chi connectivity index (χ1) is 49.3. The zero-order valence-electron chi connectivity index (χ0n) is 67.1. The summed E-state index contributed by atoms with van der Waals surface area (Å²) >= 11 is 0. The molecule has 17 nitrogen and oxygen atoms in total. The van der Waals surface area contributed by atoms with Gasteiger partial charge in [0.15, 0.2) is 12.2 Å². The van der Waals surface area contributed by atoms with Crippen molar-refractivity contribution in [2.75, 3.05) is 39.6 Å². The van der Waals surface area contributed by atoms with Crippen LogP contribution in [0.4, 0.5) is 0 Å². The van der Waals surface area contributed by atoms with Crippen LogP contribution in [0.2, 0.25) is 0 Å². The Bertz CT molecular complexity index is 1980. The van der Waals surface area contributed by atoms with Gasteiger partial charge in [-0.25, -0.2) is 9.13 Å². The molecule has 0 aliphatic heterocycles. The standard InChI is InChI=1S/C83H162O17P2/c1-8-10-11-12-13-14-15-16-17-18-19-20-21-22-27-30-37-45-52-59-66-82(87)99-78(70-93-80(85)64-57-50-43-36-29-26-24-23-25-28-35-42-49-56-63-76(7)9-2)72-97-101(89,90)95-68-77(84)69-96-102(91,92)98-73-79(100-83(88)67-60-53-46-39-32-34-41-48-55-62-75(5)6)71-94-81(86)65-58-51-44-38-31-33-40-47-54-61-74(3)4/h74-79,84H,8-73H2,1-7H3,(H,89,90)(H,91,92)/t76?,77-,78-,79-/m1/s1. The number of carbonyl (C=O) groups is 4. The Kier molecular flexibility index (Phi) is 71.8. The number of unbranched alkanes of at least 4 members (excludes halogenated alkanes) is 48. The molecule has 6 atom stereocenters. The minimum atomic E-state index is -4.96. The first-order valence-electron chi connectivity index (χ1n) is 42.9. The van der Waals surface area contributed by atoms with Gasteiger partial charge >= 0.3 is 39.5 Å². The summed E-state index contributed by atoms with van der Waals surface area (Å²) in [6.45, 7) is 12.0. The van der Waals surface area contributed by atoms with Crippen LogP contribution in [-0.4, -0.2) is 96.7 Å². The second-order valence-electron chi connectivity index (χ2n) is 31.1. The monoisotopic (exact) mass is 1490 g/mol. The second kappa shape index (κ2) is 73.2. The lowest BCUT2D eigenvalue weighted by Gasteiger charge is -2.21. The molecule has 606 valence electrons. The maximum Gasteiger partial charge on any atom is 0.472 e. The molecular formula is C83H162O17P2. The Morgan fingerprint density at radius 3 is 0.745 bits per heavy atom. The summed E-state index contributed by atoms with van der Waals surface area (Å²) in [7, 11) is -9.92. The summed E-state index contributed by atoms with van der Waals surface area (Å²) in [5, 5.41) is 10.7. The predicted molar refractivity (Wildman–Crippen MR) is 418 cm³/mol. The van der Waals surface area contributed by atoms with Gasteiger partial charge in [0.05, 0.1) is 26.4 Å². The van der Waals surface area contributed by atoms with Gasteiger partial charge in [-0.05, 0) is 43.4 Å². The summed E-state index contributed by atoms with van der Waals surface area (Å²) in [5.74, 6) is 0.220. The molecule has 0 aromatic heterocycles. The lowest BCUT2D eigenvalue weighted by Crippen LogP contribution is -2.30. The van der Waals surface area contributed by atoms with Crippen LogP contribution >= 0.6 is 15.6 Å². The van der Waals surface area contributed by atoms with Crippen molar-refractivity contribution in [1.82, 2.24) is 0 Å². The number of hydrogen-bond acceptors (Lipinski definition) is 15. The van der Waals surface area contributed by atoms with E-state index in [2.05, 4.69) is 48.5 Å². The molecule has 0 radical (unpaired) electrons. The minimum Gasteiger partial charge on any atom is -0.462 e. The maximum absolute atomic E-state index is 13.1. The quantitative estimate of drug-likeness (QED) is 0.0222. The van der Waals surface area contributed by atoms with Gasteiger partial charge in [-0.2, -0.15) is 0 Å². The molecule has 0 rings (SSSR count). The average molecular weight is 1490 g/mol. The van der Waals surface area contributed by atoms with Crippen LogP contribution in [0.25, 0.3) is 0 Å². The Hall–Kier alpha value is -1.94. The van der Waals surface area contributed by atoms with E-state index in [1.165, 1.54) is 244 Å². The van der Waals surface area contributed by atoms with Crippen LogP contribution < -0.4 is 0 Å². The topological polar surface area (TPSA) is 237 Å². The smallest absolute Gasteiger partial charge is 0.462 e. The zero-order valence-corrected chi connectivity index (χ0v) is 68.9. The zero-order chi connectivity index (χ0) is 75.1. The van der Waals surface area contributed by atoms with Crippen molar-refractivity contribution in [2.45, 2.75) is 452 Å². The molecule has 0 aliphatic rings. The van der Waals surface area contributed by atoms with Crippen LogP contribution in [0.15, 0.2) is 0 Å². The highest BCUT2D eigenvalue weighted by molar-refractivity contribution is 7.47. The molecule has 3 unspecified atom stereocenters. The fourth-order valence-electron chi connectivity index (χ4n) is 12.8. The van der Waals surface area contributed by atoms with Crippen molar-refractivity contribution >= 4 is 39.5 Å². The van der Waals surface area contributed by atoms with Crippen LogP contribution in [0.1, 0.15) is 434 Å². The fourth-order valence-corrected chi connectivity index (χ4v) is 14.4. The van der Waals surface area contributed by atoms with Gasteiger partial charge in [-0.3, -0.25) is 37.3 Å². The lowest BCUT2D eigenvalue weighted by molar-refractivity contribution is -0.161. The second-order valence-corrected chi connectivity index (χ2v) is 34.0. The van der Waals surface area contributed by atoms with Crippen molar-refractivity contribution in [1.29, 1.82) is 0 Å². The van der Waals surface area contributed by atoms with Crippen molar-refractivity contribution in [3.05, 3.63) is 0 Å². The molecule has 0 amide bonds. The number of hydrogen-bond donors (Lipinski definition) is 3. The molecule has 0 saturated carbocycles. The summed E-state index contributed by atoms with van der Waals surface area (Å²) < 4.78 is 68.8. The van der Waals surface area contributed by atoms with Gasteiger partial charge in [0.25, 0.3) is 0 Å². The number of aliphatic hydroxyl groups excluding tert-OH is 1. The highest BCUT2D eigenvalue weighted by Crippen LogP contribution is 2.45. The van der Waals surface area contributed by atoms with E-state index in [0.29, 0.717) is 25.7 Å². The third-order valence-corrected chi connectivity index (χ3v) is 21.6. The number of phosphoric acid groups is 2. The molecule has 0 bridgehead atoms. The highest BCUT2D eigenvalue weighted by atomic mass is 31.2. The van der Waals surface area contributed by atoms with Crippen molar-refractivity contribution in [2.24, 2.45) is 17.8 Å². The lowest BCUT2D eigenvalue weighted by atomic mass is 9.99. The molecule has 102 heavy (non-hydrogen) atoms. The largest absolute Gasteiger partial charge is 0.472 e. The number of aliphatic hydroxyl groups is 1. The van der Waals surface area contributed by atoms with Gasteiger partial charge in [-0.1, -0.05) is 382 Å². The molecule has 0 aliphatic carbocycles. The Morgan fingerprint density at radius 1 is 0.284 bits per heavy atom. The maximum atomic E-state index is 13.1. The molecule has 0 heterocycles. The molecule has 0 spiro atoms. The third-order valence-electron chi connectivity index (χ3n) is 19.7. The number of ether oxygens (including phenoxy) is 4. The van der Waals surface area contributed by atoms with Crippen molar-refractivity contribution in [3.8, 4) is 0 Å². The Morgan fingerprint density at radius 2 is 0.500 bits per heavy atom. The van der Waals surface area contributed by atoms with Gasteiger partial charge in [0.1, 0.15) is 19.3 Å². The Balaban J connectivity index is 5.24. The first kappa shape index (κ1) is 100. The summed E-state index contributed by atoms with van der Waals surface area (Å²) in [4.78, 5) is 73.1. The van der Waals surface area contributed by atoms with E-state index >= 15 is 0 Å². The summed E-state index contributed by atoms with van der Waals surface area (Å²) in [6, 6.07) is 0. The fraction of sp³-hybridized carbons (Fsp3) is 0.952. The molecule has 3 N–H and O–H groups in total. The van der Waals surface area contributed by atoms with Gasteiger partial charge < -0.3 is 33.8 Å². The SMILES string of the molecule is CCCCCCCCCCCCCCCCCCCCCCC(=O)O[C@H](COC(=O)CCCCCCCCCCCCCCCCC(C)CC)COP(=O)(O)OC[C@@H](O)COP(=O)(O)OC[C@@H](COC(=O)CCCCCCCCCCCC(C)C)OC(=O)CCCCCCCCCCCC(C)C. The van der Waals surface area contributed by atoms with Gasteiger partial charge in [0.2, 0.25) is 0 Å². The van der Waals surface area contributed by atoms with E-state index in [9.17, 15) is 43.2 Å². The average Bonchev–Trinajstić information content (AvgIpc) is 0.968. The molecule has 19 heteroatoms. The van der Waals surface area contributed by atoms with E-state index < -0.39 is 97.5 Å². The van der Waals surface area contributed by atoms with Gasteiger partial charge in [0, 0.05) is 25.7 Å². The predicted octanol–water partition coefficient (Wildman–Crippen LogP) is 24.9. The highest BCUT2D eigenvalue weighted by Gasteiger charge is 2.30. The molecule has 0 saturated heterocycles. The van der Waals surface area contributed by atoms with Crippen LogP contribution in [0.3, 0.4) is 0 Å². The third kappa shape index (κ3) is 74.9. The number of rotatable bonds is 81. The van der Waals surface area contributed by atoms with Crippen LogP contribution in [0.5, 0.6) is 0 Å². The Labute approximate surface area is 626 Å². The molecule has 0 aromatic carbocycles. The van der Waals surface area contributed by atoms with Crippen molar-refractivity contribution < 1.29 is 80.2 Å². The van der Waals surface area contributed by atoms with E-state index in [1.54, 1.807) is 0 Å². The normalized spacial score (nSPS) is 14.2. The summed E-state index contributed by atoms with van der Waals surface area (Å²) in [6.07, 6.45) is 62.5. The van der Waals surface area contributed by atoms with E-state index in [-0.39, 0.29) is 25.7 Å². The van der Waals surface area contributed by atoms with E-state index in [4.69, 9.17) is 37.0 Å². The van der Waals surface area contributed by atoms with E-state index in [0.717, 1.165) is 108 Å². The molecular weight excluding hydrogens is 1330 g/mol. The number of esters is 4. The molecule has 0 aromatic rings. The molecule has 0 fully saturated rings. The van der Waals surface area contributed by atoms with E-state index in [1.807, 2.05) is 0 Å². The first-order valence-corrected chi connectivity index (χ1v) is 45.9.